The van der Waals surface area contributed by atoms with Crippen LogP contribution in [0.3, 0.4) is 0 Å². The first-order valence-electron chi connectivity index (χ1n) is 12.1. The molecule has 0 bridgehead atoms. The van der Waals surface area contributed by atoms with Gasteiger partial charge in [-0.25, -0.2) is 4.79 Å². The topological polar surface area (TPSA) is 73.0 Å². The predicted molar refractivity (Wildman–Crippen MR) is 130 cm³/mol. The Bertz CT molecular complexity index is 884. The van der Waals surface area contributed by atoms with Gasteiger partial charge < -0.3 is 15.1 Å². The van der Waals surface area contributed by atoms with Crippen LogP contribution in [0.4, 0.5) is 4.79 Å². The summed E-state index contributed by atoms with van der Waals surface area (Å²) in [5, 5.41) is 3.15. The minimum Gasteiger partial charge on any atom is -0.342 e. The fourth-order valence-electron chi connectivity index (χ4n) is 5.09. The largest absolute Gasteiger partial charge is 0.342 e. The summed E-state index contributed by atoms with van der Waals surface area (Å²) in [6.45, 7) is 10.3. The molecular formula is C26H40N4O3. The Balaban J connectivity index is 1.85. The van der Waals surface area contributed by atoms with Gasteiger partial charge in [0.2, 0.25) is 5.91 Å². The number of rotatable bonds is 7. The number of nitrogens with one attached hydrogen (secondary N) is 1. The maximum absolute atomic E-state index is 13.9. The summed E-state index contributed by atoms with van der Waals surface area (Å²) in [7, 11) is 3.97. The van der Waals surface area contributed by atoms with E-state index in [0.29, 0.717) is 38.9 Å². The van der Waals surface area contributed by atoms with E-state index in [1.54, 1.807) is 0 Å². The molecule has 2 heterocycles. The standard InChI is InChI=1S/C26H40N4O3/c1-19-10-7-8-11-20(19)18-26(21-12-16-29(17-13-21)22(31)25(2,3)4)23(32)30(24(33)27-26)15-9-14-28(5)6/h7-8,10-11,21H,9,12-18H2,1-6H3,(H,27,33). The van der Waals surface area contributed by atoms with Crippen LogP contribution in [-0.2, 0) is 16.0 Å². The van der Waals surface area contributed by atoms with Crippen molar-refractivity contribution in [3.05, 3.63) is 35.4 Å². The van der Waals surface area contributed by atoms with Crippen molar-refractivity contribution in [1.29, 1.82) is 0 Å². The van der Waals surface area contributed by atoms with Crippen LogP contribution in [-0.4, -0.2) is 78.4 Å². The Hall–Kier alpha value is -2.41. The molecule has 7 heteroatoms. The van der Waals surface area contributed by atoms with E-state index in [0.717, 1.165) is 24.1 Å². The van der Waals surface area contributed by atoms with E-state index in [4.69, 9.17) is 0 Å². The van der Waals surface area contributed by atoms with E-state index in [1.807, 2.05) is 71.0 Å². The monoisotopic (exact) mass is 456 g/mol. The summed E-state index contributed by atoms with van der Waals surface area (Å²) in [4.78, 5) is 45.0. The zero-order valence-corrected chi connectivity index (χ0v) is 21.1. The van der Waals surface area contributed by atoms with Crippen LogP contribution in [0.1, 0.15) is 51.2 Å². The zero-order valence-electron chi connectivity index (χ0n) is 21.1. The van der Waals surface area contributed by atoms with Gasteiger partial charge in [0.1, 0.15) is 5.54 Å². The van der Waals surface area contributed by atoms with Gasteiger partial charge in [0, 0.05) is 31.5 Å². The number of hydrogen-bond donors (Lipinski definition) is 1. The molecule has 2 aliphatic heterocycles. The van der Waals surface area contributed by atoms with Crippen molar-refractivity contribution in [3.63, 3.8) is 0 Å². The number of amides is 4. The summed E-state index contributed by atoms with van der Waals surface area (Å²) < 4.78 is 0. The number of piperidine rings is 1. The molecule has 0 aromatic heterocycles. The highest BCUT2D eigenvalue weighted by molar-refractivity contribution is 6.07. The average molecular weight is 457 g/mol. The van der Waals surface area contributed by atoms with Crippen LogP contribution in [0, 0.1) is 18.3 Å². The molecule has 0 aliphatic carbocycles. The first-order chi connectivity index (χ1) is 15.5. The lowest BCUT2D eigenvalue weighted by Gasteiger charge is -2.42. The Labute approximate surface area is 198 Å². The summed E-state index contributed by atoms with van der Waals surface area (Å²) in [5.74, 6) is 0.00697. The minimum atomic E-state index is -0.960. The molecule has 1 unspecified atom stereocenters. The number of carbonyl (C=O) groups is 3. The molecule has 3 rings (SSSR count). The number of nitrogens with zero attached hydrogens (tertiary/aromatic N) is 3. The SMILES string of the molecule is Cc1ccccc1CC1(C2CCN(C(=O)C(C)(C)C)CC2)NC(=O)N(CCCN(C)C)C1=O. The lowest BCUT2D eigenvalue weighted by Crippen LogP contribution is -2.58. The molecule has 0 spiro atoms. The van der Waals surface area contributed by atoms with Gasteiger partial charge in [-0.2, -0.15) is 0 Å². The normalized spacial score (nSPS) is 22.3. The van der Waals surface area contributed by atoms with Gasteiger partial charge in [0.25, 0.3) is 5.91 Å². The number of likely N-dealkylation sites (tertiary alicyclic amines) is 1. The molecule has 7 nitrogen and oxygen atoms in total. The summed E-state index contributed by atoms with van der Waals surface area (Å²) in [5.41, 5.74) is 0.810. The van der Waals surface area contributed by atoms with Gasteiger partial charge in [0.15, 0.2) is 0 Å². The molecule has 33 heavy (non-hydrogen) atoms. The predicted octanol–water partition coefficient (Wildman–Crippen LogP) is 3.06. The quantitative estimate of drug-likeness (QED) is 0.640. The van der Waals surface area contributed by atoms with Crippen molar-refractivity contribution in [2.75, 3.05) is 40.3 Å². The maximum atomic E-state index is 13.9. The van der Waals surface area contributed by atoms with Crippen LogP contribution in [0.25, 0.3) is 0 Å². The van der Waals surface area contributed by atoms with E-state index < -0.39 is 11.0 Å². The highest BCUT2D eigenvalue weighted by Gasteiger charge is 2.56. The average Bonchev–Trinajstić information content (AvgIpc) is 2.99. The molecule has 2 saturated heterocycles. The van der Waals surface area contributed by atoms with E-state index in [2.05, 4.69) is 10.2 Å². The minimum absolute atomic E-state index is 0.0172. The third-order valence-electron chi connectivity index (χ3n) is 7.04. The van der Waals surface area contributed by atoms with Crippen molar-refractivity contribution < 1.29 is 14.4 Å². The molecule has 4 amide bonds. The number of carbonyl (C=O) groups excluding carboxylic acids is 3. The van der Waals surface area contributed by atoms with E-state index >= 15 is 0 Å². The summed E-state index contributed by atoms with van der Waals surface area (Å²) in [6.07, 6.45) is 2.62. The van der Waals surface area contributed by atoms with E-state index in [9.17, 15) is 14.4 Å². The van der Waals surface area contributed by atoms with Gasteiger partial charge >= 0.3 is 6.03 Å². The summed E-state index contributed by atoms with van der Waals surface area (Å²) >= 11 is 0. The smallest absolute Gasteiger partial charge is 0.325 e. The molecular weight excluding hydrogens is 416 g/mol. The molecule has 1 N–H and O–H groups in total. The van der Waals surface area contributed by atoms with Crippen molar-refractivity contribution in [2.24, 2.45) is 11.3 Å². The van der Waals surface area contributed by atoms with Crippen LogP contribution >= 0.6 is 0 Å². The van der Waals surface area contributed by atoms with Crippen LogP contribution in [0.15, 0.2) is 24.3 Å². The Morgan fingerprint density at radius 3 is 2.36 bits per heavy atom. The molecule has 1 atom stereocenters. The number of hydrogen-bond acceptors (Lipinski definition) is 4. The third-order valence-corrected chi connectivity index (χ3v) is 7.04. The Morgan fingerprint density at radius 2 is 1.79 bits per heavy atom. The van der Waals surface area contributed by atoms with Crippen molar-refractivity contribution in [3.8, 4) is 0 Å². The third kappa shape index (κ3) is 5.40. The molecule has 182 valence electrons. The number of imide groups is 1. The van der Waals surface area contributed by atoms with E-state index in [1.165, 1.54) is 4.90 Å². The lowest BCUT2D eigenvalue weighted by atomic mass is 9.73. The van der Waals surface area contributed by atoms with Gasteiger partial charge in [0.05, 0.1) is 0 Å². The second kappa shape index (κ2) is 9.84. The number of aryl methyl sites for hydroxylation is 1. The second-order valence-electron chi connectivity index (χ2n) is 10.9. The first kappa shape index (κ1) is 25.2. The van der Waals surface area contributed by atoms with Gasteiger partial charge in [-0.15, -0.1) is 0 Å². The first-order valence-corrected chi connectivity index (χ1v) is 12.1. The molecule has 2 aliphatic rings. The van der Waals surface area contributed by atoms with Crippen molar-refractivity contribution in [2.45, 2.75) is 58.9 Å². The molecule has 0 saturated carbocycles. The van der Waals surface area contributed by atoms with Gasteiger partial charge in [-0.05, 0) is 63.9 Å². The van der Waals surface area contributed by atoms with Crippen molar-refractivity contribution >= 4 is 17.8 Å². The highest BCUT2D eigenvalue weighted by atomic mass is 16.2. The molecule has 0 radical (unpaired) electrons. The van der Waals surface area contributed by atoms with E-state index in [-0.39, 0.29) is 23.8 Å². The molecule has 2 fully saturated rings. The fraction of sp³-hybridized carbons (Fsp3) is 0.654. The number of urea groups is 1. The van der Waals surface area contributed by atoms with Gasteiger partial charge in [-0.1, -0.05) is 45.0 Å². The van der Waals surface area contributed by atoms with Gasteiger partial charge in [-0.3, -0.25) is 14.5 Å². The zero-order chi connectivity index (χ0) is 24.4. The Morgan fingerprint density at radius 1 is 1.15 bits per heavy atom. The second-order valence-corrected chi connectivity index (χ2v) is 10.9. The number of benzene rings is 1. The Kier molecular flexibility index (Phi) is 7.52. The summed E-state index contributed by atoms with van der Waals surface area (Å²) in [6, 6.07) is 7.77. The maximum Gasteiger partial charge on any atom is 0.325 e. The van der Waals surface area contributed by atoms with Crippen molar-refractivity contribution in [1.82, 2.24) is 20.0 Å². The molecule has 1 aromatic rings. The van der Waals surface area contributed by atoms with Crippen LogP contribution in [0.2, 0.25) is 0 Å². The lowest BCUT2D eigenvalue weighted by molar-refractivity contribution is -0.142. The fourth-order valence-corrected chi connectivity index (χ4v) is 5.09. The van der Waals surface area contributed by atoms with Crippen LogP contribution in [0.5, 0.6) is 0 Å². The molecule has 1 aromatic carbocycles. The highest BCUT2D eigenvalue weighted by Crippen LogP contribution is 2.37. The van der Waals surface area contributed by atoms with Crippen LogP contribution < -0.4 is 5.32 Å².